The number of hydrogen-bond donors (Lipinski definition) is 3. The van der Waals surface area contributed by atoms with Crippen LogP contribution in [0.4, 0.5) is 26.2 Å². The summed E-state index contributed by atoms with van der Waals surface area (Å²) >= 11 is 0. The van der Waals surface area contributed by atoms with Crippen LogP contribution < -0.4 is 10.6 Å². The Balaban J connectivity index is 1.40. The SMILES string of the molecule is Fc1ccc(Nc2nncc(NCCc3c[nH]c4ccccc34)n2)c(F)c1. The molecule has 8 heteroatoms. The molecule has 0 atom stereocenters. The Kier molecular flexibility index (Phi) is 4.61. The third kappa shape index (κ3) is 3.84. The number of nitrogens with zero attached hydrogens (tertiary/aromatic N) is 3. The van der Waals surface area contributed by atoms with Crippen LogP contribution >= 0.6 is 0 Å². The van der Waals surface area contributed by atoms with Gasteiger partial charge in [-0.15, -0.1) is 5.10 Å². The molecule has 3 N–H and O–H groups in total. The lowest BCUT2D eigenvalue weighted by atomic mass is 10.1. The Morgan fingerprint density at radius 1 is 1.07 bits per heavy atom. The van der Waals surface area contributed by atoms with E-state index >= 15 is 0 Å². The third-order valence-corrected chi connectivity index (χ3v) is 4.11. The fourth-order valence-electron chi connectivity index (χ4n) is 2.82. The molecule has 2 aromatic carbocycles. The Morgan fingerprint density at radius 2 is 1.96 bits per heavy atom. The second-order valence-electron chi connectivity index (χ2n) is 5.95. The van der Waals surface area contributed by atoms with E-state index in [2.05, 4.69) is 36.9 Å². The molecule has 27 heavy (non-hydrogen) atoms. The summed E-state index contributed by atoms with van der Waals surface area (Å²) in [5, 5.41) is 14.7. The highest BCUT2D eigenvalue weighted by Crippen LogP contribution is 2.20. The summed E-state index contributed by atoms with van der Waals surface area (Å²) in [5.74, 6) is -0.742. The van der Waals surface area contributed by atoms with Gasteiger partial charge in [0.15, 0.2) is 5.82 Å². The maximum atomic E-state index is 13.7. The van der Waals surface area contributed by atoms with E-state index in [1.54, 1.807) is 0 Å². The van der Waals surface area contributed by atoms with Gasteiger partial charge in [0.05, 0.1) is 11.9 Å². The van der Waals surface area contributed by atoms with Crippen LogP contribution in [0, 0.1) is 11.6 Å². The Labute approximate surface area is 153 Å². The molecule has 0 aliphatic heterocycles. The van der Waals surface area contributed by atoms with Gasteiger partial charge in [-0.1, -0.05) is 18.2 Å². The molecule has 0 aliphatic rings. The molecular weight excluding hydrogens is 350 g/mol. The molecule has 136 valence electrons. The lowest BCUT2D eigenvalue weighted by molar-refractivity contribution is 0.586. The van der Waals surface area contributed by atoms with Crippen molar-refractivity contribution in [3.8, 4) is 0 Å². The fraction of sp³-hybridized carbons (Fsp3) is 0.105. The van der Waals surface area contributed by atoms with Crippen molar-refractivity contribution >= 4 is 28.4 Å². The summed E-state index contributed by atoms with van der Waals surface area (Å²) < 4.78 is 26.7. The van der Waals surface area contributed by atoms with Crippen LogP contribution in [-0.2, 0) is 6.42 Å². The minimum atomic E-state index is -0.726. The van der Waals surface area contributed by atoms with Gasteiger partial charge < -0.3 is 15.6 Å². The van der Waals surface area contributed by atoms with E-state index in [1.807, 2.05) is 24.4 Å². The van der Waals surface area contributed by atoms with Gasteiger partial charge in [0.1, 0.15) is 11.6 Å². The molecule has 0 bridgehead atoms. The first-order chi connectivity index (χ1) is 13.2. The van der Waals surface area contributed by atoms with Crippen LogP contribution in [0.5, 0.6) is 0 Å². The second kappa shape index (κ2) is 7.36. The van der Waals surface area contributed by atoms with Crippen molar-refractivity contribution in [3.05, 3.63) is 72.1 Å². The van der Waals surface area contributed by atoms with E-state index < -0.39 is 11.6 Å². The van der Waals surface area contributed by atoms with Gasteiger partial charge >= 0.3 is 0 Å². The molecule has 4 rings (SSSR count). The average molecular weight is 366 g/mol. The van der Waals surface area contributed by atoms with Crippen LogP contribution in [0.3, 0.4) is 0 Å². The molecule has 0 fully saturated rings. The number of benzene rings is 2. The van der Waals surface area contributed by atoms with E-state index in [0.717, 1.165) is 24.1 Å². The smallest absolute Gasteiger partial charge is 0.249 e. The fourth-order valence-corrected chi connectivity index (χ4v) is 2.82. The van der Waals surface area contributed by atoms with Crippen molar-refractivity contribution in [2.75, 3.05) is 17.2 Å². The standard InChI is InChI=1S/C19H16F2N6/c20-13-5-6-17(15(21)9-13)25-19-26-18(11-24-27-19)22-8-7-12-10-23-16-4-2-1-3-14(12)16/h1-6,9-11,23H,7-8H2,(H2,22,25,26,27). The summed E-state index contributed by atoms with van der Waals surface area (Å²) in [7, 11) is 0. The van der Waals surface area contributed by atoms with Gasteiger partial charge in [0.2, 0.25) is 5.95 Å². The van der Waals surface area contributed by atoms with E-state index in [9.17, 15) is 8.78 Å². The number of hydrogen-bond acceptors (Lipinski definition) is 5. The molecule has 6 nitrogen and oxygen atoms in total. The van der Waals surface area contributed by atoms with Crippen molar-refractivity contribution in [2.45, 2.75) is 6.42 Å². The maximum Gasteiger partial charge on any atom is 0.249 e. The molecule has 0 amide bonds. The van der Waals surface area contributed by atoms with Gasteiger partial charge in [0, 0.05) is 29.7 Å². The summed E-state index contributed by atoms with van der Waals surface area (Å²) in [6.45, 7) is 0.644. The lowest BCUT2D eigenvalue weighted by Crippen LogP contribution is -2.09. The highest BCUT2D eigenvalue weighted by molar-refractivity contribution is 5.83. The second-order valence-corrected chi connectivity index (χ2v) is 5.95. The summed E-state index contributed by atoms with van der Waals surface area (Å²) in [6, 6.07) is 11.3. The molecule has 2 aromatic heterocycles. The quantitative estimate of drug-likeness (QED) is 0.480. The van der Waals surface area contributed by atoms with Gasteiger partial charge in [-0.3, -0.25) is 0 Å². The normalized spacial score (nSPS) is 10.9. The number of rotatable bonds is 6. The highest BCUT2D eigenvalue weighted by Gasteiger charge is 2.07. The van der Waals surface area contributed by atoms with Crippen molar-refractivity contribution in [1.82, 2.24) is 20.2 Å². The Hall–Kier alpha value is -3.55. The number of aromatic amines is 1. The van der Waals surface area contributed by atoms with Crippen LogP contribution in [-0.4, -0.2) is 26.7 Å². The molecule has 0 radical (unpaired) electrons. The number of fused-ring (bicyclic) bond motifs is 1. The van der Waals surface area contributed by atoms with Crippen molar-refractivity contribution in [3.63, 3.8) is 0 Å². The molecule has 0 saturated carbocycles. The van der Waals surface area contributed by atoms with Gasteiger partial charge in [0.25, 0.3) is 0 Å². The largest absolute Gasteiger partial charge is 0.368 e. The summed E-state index contributed by atoms with van der Waals surface area (Å²) in [4.78, 5) is 7.49. The Morgan fingerprint density at radius 3 is 2.85 bits per heavy atom. The number of nitrogens with one attached hydrogen (secondary N) is 3. The zero-order chi connectivity index (χ0) is 18.6. The first-order valence-corrected chi connectivity index (χ1v) is 8.40. The molecular formula is C19H16F2N6. The zero-order valence-corrected chi connectivity index (χ0v) is 14.2. The molecule has 2 heterocycles. The minimum Gasteiger partial charge on any atom is -0.368 e. The monoisotopic (exact) mass is 366 g/mol. The van der Waals surface area contributed by atoms with Gasteiger partial charge in [-0.2, -0.15) is 10.1 Å². The molecule has 0 unspecified atom stereocenters. The summed E-state index contributed by atoms with van der Waals surface area (Å²) in [5.41, 5.74) is 2.38. The number of aromatic nitrogens is 4. The Bertz CT molecular complexity index is 1080. The number of para-hydroxylation sites is 1. The first kappa shape index (κ1) is 16.9. The van der Waals surface area contributed by atoms with Crippen LogP contribution in [0.1, 0.15) is 5.56 Å². The topological polar surface area (TPSA) is 78.5 Å². The van der Waals surface area contributed by atoms with E-state index in [-0.39, 0.29) is 11.6 Å². The summed E-state index contributed by atoms with van der Waals surface area (Å²) in [6.07, 6.45) is 4.28. The third-order valence-electron chi connectivity index (χ3n) is 4.11. The van der Waals surface area contributed by atoms with Crippen LogP contribution in [0.25, 0.3) is 10.9 Å². The maximum absolute atomic E-state index is 13.7. The number of anilines is 3. The van der Waals surface area contributed by atoms with Crippen molar-refractivity contribution in [2.24, 2.45) is 0 Å². The lowest BCUT2D eigenvalue weighted by Gasteiger charge is -2.08. The average Bonchev–Trinajstić information content (AvgIpc) is 3.08. The van der Waals surface area contributed by atoms with Crippen LogP contribution in [0.15, 0.2) is 54.9 Å². The van der Waals surface area contributed by atoms with E-state index in [1.165, 1.54) is 23.2 Å². The van der Waals surface area contributed by atoms with E-state index in [0.29, 0.717) is 12.4 Å². The molecule has 0 aliphatic carbocycles. The first-order valence-electron chi connectivity index (χ1n) is 8.40. The number of halogens is 2. The van der Waals surface area contributed by atoms with Crippen molar-refractivity contribution in [1.29, 1.82) is 0 Å². The molecule has 0 saturated heterocycles. The van der Waals surface area contributed by atoms with Gasteiger partial charge in [-0.05, 0) is 30.2 Å². The van der Waals surface area contributed by atoms with Crippen molar-refractivity contribution < 1.29 is 8.78 Å². The predicted octanol–water partition coefficient (Wildman–Crippen LogP) is 4.03. The van der Waals surface area contributed by atoms with Gasteiger partial charge in [-0.25, -0.2) is 8.78 Å². The zero-order valence-electron chi connectivity index (χ0n) is 14.2. The highest BCUT2D eigenvalue weighted by atomic mass is 19.1. The van der Waals surface area contributed by atoms with E-state index in [4.69, 9.17) is 0 Å². The minimum absolute atomic E-state index is 0.0779. The number of H-pyrrole nitrogens is 1. The molecule has 4 aromatic rings. The van der Waals surface area contributed by atoms with Crippen LogP contribution in [0.2, 0.25) is 0 Å². The molecule has 0 spiro atoms. The predicted molar refractivity (Wildman–Crippen MR) is 100.0 cm³/mol.